The van der Waals surface area contributed by atoms with Gasteiger partial charge in [0, 0.05) is 32.3 Å². The maximum atomic E-state index is 3.72. The smallest absolute Gasteiger partial charge is 0.213 e. The van der Waals surface area contributed by atoms with Gasteiger partial charge in [-0.25, -0.2) is 22.5 Å². The van der Waals surface area contributed by atoms with E-state index in [2.05, 4.69) is 156 Å². The van der Waals surface area contributed by atoms with E-state index in [1.807, 2.05) is 60.7 Å². The molecule has 0 nitrogen and oxygen atoms in total. The Kier molecular flexibility index (Phi) is 18.2. The van der Waals surface area contributed by atoms with Crippen LogP contribution in [0, 0.1) is 13.8 Å². The van der Waals surface area contributed by atoms with E-state index in [0.717, 1.165) is 11.1 Å². The molecule has 4 aromatic rings. The van der Waals surface area contributed by atoms with Gasteiger partial charge in [-0.05, 0) is 0 Å². The van der Waals surface area contributed by atoms with Gasteiger partial charge < -0.3 is 0 Å². The van der Waals surface area contributed by atoms with Gasteiger partial charge in [0.2, 0.25) is 0 Å². The Balaban J connectivity index is 0.000000670. The van der Waals surface area contributed by atoms with Gasteiger partial charge in [0.1, 0.15) is 0 Å². The Hall–Kier alpha value is -1.10. The summed E-state index contributed by atoms with van der Waals surface area (Å²) in [6, 6.07) is 30.1. The minimum absolute atomic E-state index is 0. The summed E-state index contributed by atoms with van der Waals surface area (Å²) >= 11 is 0. The molecular weight excluding hydrogens is 721 g/mol. The van der Waals surface area contributed by atoms with Crippen molar-refractivity contribution in [3.8, 4) is 0 Å². The van der Waals surface area contributed by atoms with Crippen LogP contribution in [0.4, 0.5) is 0 Å². The van der Waals surface area contributed by atoms with Gasteiger partial charge in [-0.3, -0.25) is 0 Å². The van der Waals surface area contributed by atoms with E-state index in [9.17, 15) is 0 Å². The number of hydrogen-bond acceptors (Lipinski definition) is 0. The molecule has 0 unspecified atom stereocenters. The zero-order valence-corrected chi connectivity index (χ0v) is 42.6. The summed E-state index contributed by atoms with van der Waals surface area (Å²) in [6.45, 7) is 52.0. The first kappa shape index (κ1) is 47.9. The predicted molar refractivity (Wildman–Crippen MR) is 244 cm³/mol. The Morgan fingerprint density at radius 3 is 0.755 bits per heavy atom. The van der Waals surface area contributed by atoms with Crippen LogP contribution in [0.3, 0.4) is 0 Å². The molecule has 0 amide bonds. The Morgan fingerprint density at radius 1 is 0.388 bits per heavy atom. The molecule has 4 aromatic carbocycles. The third kappa shape index (κ3) is 16.9. The second kappa shape index (κ2) is 18.6. The monoisotopic (exact) mass is 792 g/mol. The molecule has 0 aliphatic carbocycles. The Bertz CT molecular complexity index is 1330. The first-order chi connectivity index (χ1) is 21.5. The van der Waals surface area contributed by atoms with Gasteiger partial charge in [-0.15, -0.1) is 24.3 Å². The minimum Gasteiger partial charge on any atom is -0.213 e. The van der Waals surface area contributed by atoms with E-state index in [0.29, 0.717) is 0 Å². The molecule has 0 heterocycles. The van der Waals surface area contributed by atoms with Crippen molar-refractivity contribution in [2.45, 2.75) is 118 Å². The van der Waals surface area contributed by atoms with Crippen LogP contribution in [0.5, 0.6) is 0 Å². The van der Waals surface area contributed by atoms with Crippen LogP contribution in [0.1, 0.15) is 11.1 Å². The van der Waals surface area contributed by atoms with E-state index in [-0.39, 0.29) is 21.7 Å². The van der Waals surface area contributed by atoms with Gasteiger partial charge in [-0.1, -0.05) is 130 Å². The van der Waals surface area contributed by atoms with Crippen LogP contribution >= 0.6 is 0 Å². The summed E-state index contributed by atoms with van der Waals surface area (Å²) in [5, 5.41) is 10.3. The van der Waals surface area contributed by atoms with Crippen molar-refractivity contribution in [3.05, 3.63) is 110 Å². The fraction of sp³-hybridized carbons (Fsp3) is 0.429. The van der Waals surface area contributed by atoms with Gasteiger partial charge in [0.15, 0.2) is 0 Å². The van der Waals surface area contributed by atoms with Gasteiger partial charge >= 0.3 is 21.7 Å². The van der Waals surface area contributed by atoms with Crippen molar-refractivity contribution in [2.24, 2.45) is 0 Å². The van der Waals surface area contributed by atoms with Crippen LogP contribution in [0.2, 0.25) is 118 Å². The van der Waals surface area contributed by atoms with Crippen LogP contribution in [-0.4, -0.2) is 48.4 Å². The zero-order valence-electron chi connectivity index (χ0n) is 35.0. The van der Waals surface area contributed by atoms with Crippen LogP contribution < -0.4 is 31.1 Å². The van der Waals surface area contributed by atoms with Crippen LogP contribution in [0.15, 0.2) is 84.9 Å². The van der Waals surface area contributed by atoms with Crippen molar-refractivity contribution in [3.63, 3.8) is 0 Å². The van der Waals surface area contributed by atoms with E-state index in [1.165, 1.54) is 0 Å². The van der Waals surface area contributed by atoms with Crippen molar-refractivity contribution < 1.29 is 21.7 Å². The van der Waals surface area contributed by atoms with Gasteiger partial charge in [0.05, 0.1) is 16.1 Å². The third-order valence-electron chi connectivity index (χ3n) is 8.43. The summed E-state index contributed by atoms with van der Waals surface area (Å²) in [6.07, 6.45) is 0. The molecule has 268 valence electrons. The molecule has 49 heavy (non-hydrogen) atoms. The van der Waals surface area contributed by atoms with Crippen LogP contribution in [-0.2, 0) is 21.7 Å². The molecule has 0 bridgehead atoms. The molecule has 0 radical (unpaired) electrons. The molecule has 0 N–H and O–H groups in total. The van der Waals surface area contributed by atoms with Crippen LogP contribution in [0.25, 0.3) is 0 Å². The molecule has 0 spiro atoms. The first-order valence-electron chi connectivity index (χ1n) is 17.8. The molecule has 0 aliphatic heterocycles. The molecular formula is C42H72Si6Ti. The predicted octanol–water partition coefficient (Wildman–Crippen LogP) is 9.82. The van der Waals surface area contributed by atoms with E-state index in [4.69, 9.17) is 0 Å². The third-order valence-corrected chi connectivity index (χ3v) is 21.1. The normalized spacial score (nSPS) is 12.3. The van der Waals surface area contributed by atoms with Crippen molar-refractivity contribution in [1.82, 2.24) is 0 Å². The number of rotatable bonds is 6. The van der Waals surface area contributed by atoms with Crippen molar-refractivity contribution in [1.29, 1.82) is 0 Å². The number of hydrogen-bond donors (Lipinski definition) is 0. The summed E-state index contributed by atoms with van der Waals surface area (Å²) in [4.78, 5) is 0. The SMILES string of the molecule is C[Si](C)(C)c1cc([Si](C)(C)C)[c-]([Si](C)(C)C)c1.C[Si](C)(C)c1cc([Si](C)(C)C)[c-]([Si](C)(C)C)c1.[CH2-]c1ccccc1.[CH2-]c1ccccc1.[Ti+4]. The molecule has 0 atom stereocenters. The summed E-state index contributed by atoms with van der Waals surface area (Å²) in [5.41, 5.74) is 2.14. The maximum absolute atomic E-state index is 3.72. The molecule has 7 heteroatoms. The largest absolute Gasteiger partial charge is 4.00 e. The molecule has 0 saturated carbocycles. The molecule has 0 aliphatic rings. The average Bonchev–Trinajstić information content (AvgIpc) is 3.57. The summed E-state index contributed by atoms with van der Waals surface area (Å²) < 4.78 is 0. The second-order valence-corrected chi connectivity index (χ2v) is 49.9. The van der Waals surface area contributed by atoms with E-state index < -0.39 is 48.4 Å². The first-order valence-corrected chi connectivity index (χ1v) is 38.8. The fourth-order valence-corrected chi connectivity index (χ4v) is 18.6. The average molecular weight is 793 g/mol. The second-order valence-electron chi connectivity index (χ2n) is 19.6. The van der Waals surface area contributed by atoms with Gasteiger partial charge in [0.25, 0.3) is 0 Å². The zero-order chi connectivity index (χ0) is 37.5. The topological polar surface area (TPSA) is 0 Å². The molecule has 0 saturated heterocycles. The fourth-order valence-electron chi connectivity index (χ4n) is 5.32. The van der Waals surface area contributed by atoms with Gasteiger partial charge in [-0.2, -0.15) is 82.1 Å². The quantitative estimate of drug-likeness (QED) is 0.135. The Labute approximate surface area is 326 Å². The standard InChI is InChI=1S/2C14H29Si3.2C7H7.Ti/c2*1-15(2,3)12-10-13(16(4,5)6)14(11-12)17(7,8)9;2*1-7-5-3-2-4-6-7;/h2*10-11H,1-9H3;2*2-6H,1H2;/q4*-1;+4. The maximum Gasteiger partial charge on any atom is 4.00 e. The Morgan fingerprint density at radius 2 is 0.633 bits per heavy atom. The summed E-state index contributed by atoms with van der Waals surface area (Å²) in [7, 11) is -7.07. The molecule has 0 aromatic heterocycles. The molecule has 4 rings (SSSR count). The molecule has 0 fully saturated rings. The minimum atomic E-state index is -1.19. The van der Waals surface area contributed by atoms with E-state index >= 15 is 0 Å². The van der Waals surface area contributed by atoms with Crippen molar-refractivity contribution >= 4 is 79.6 Å². The summed E-state index contributed by atoms with van der Waals surface area (Å²) in [5.74, 6) is 0. The van der Waals surface area contributed by atoms with Crippen molar-refractivity contribution in [2.75, 3.05) is 0 Å². The number of benzene rings is 2. The van der Waals surface area contributed by atoms with E-state index in [1.54, 1.807) is 31.1 Å².